The van der Waals surface area contributed by atoms with Crippen molar-refractivity contribution in [1.82, 2.24) is 14.1 Å². The smallest absolute Gasteiger partial charge is 0.271 e. The lowest BCUT2D eigenvalue weighted by atomic mass is 9.32. The van der Waals surface area contributed by atoms with Crippen LogP contribution in [0.3, 0.4) is 0 Å². The molecule has 0 unspecified atom stereocenters. The molecule has 0 fully saturated rings. The maximum Gasteiger partial charge on any atom is 0.271 e. The van der Waals surface area contributed by atoms with Gasteiger partial charge in [0.05, 0.1) is 39.1 Å². The van der Waals surface area contributed by atoms with E-state index in [2.05, 4.69) is 291 Å². The number of hydrogen-bond donors (Lipinski definition) is 0. The first-order valence-electron chi connectivity index (χ1n) is 28.4. The summed E-state index contributed by atoms with van der Waals surface area (Å²) in [5, 5.41) is 6.07. The Morgan fingerprint density at radius 1 is 0.337 bits per heavy atom. The summed E-state index contributed by atoms with van der Waals surface area (Å²) in [6.45, 7) is -0.398. The summed E-state index contributed by atoms with van der Waals surface area (Å²) in [4.78, 5) is 13.4. The van der Waals surface area contributed by atoms with Gasteiger partial charge in [0.25, 0.3) is 13.4 Å². The Balaban J connectivity index is 0.922. The molecule has 15 aromatic rings. The van der Waals surface area contributed by atoms with Gasteiger partial charge in [0, 0.05) is 82.3 Å². The first-order valence-corrected chi connectivity index (χ1v) is 29.2. The van der Waals surface area contributed by atoms with E-state index in [4.69, 9.17) is 9.72 Å². The molecular weight excluding hydrogens is 1030 g/mol. The number of rotatable bonds is 5. The lowest BCUT2D eigenvalue weighted by Gasteiger charge is -2.44. The minimum Gasteiger partial charge on any atom is -0.440 e. The topological polar surface area (TPSA) is 41.7 Å². The molecule has 0 N–H and O–H groups in total. The summed E-state index contributed by atoms with van der Waals surface area (Å²) in [6.07, 6.45) is 0. The first-order chi connectivity index (χ1) is 41.2. The second kappa shape index (κ2) is 17.0. The zero-order chi connectivity index (χ0) is 54.0. The number of ether oxygens (including phenoxy) is 1. The number of benzene rings is 11. The number of thiophene rings is 1. The van der Waals surface area contributed by atoms with Crippen LogP contribution in [0.25, 0.3) is 65.1 Å². The van der Waals surface area contributed by atoms with Gasteiger partial charge in [0.1, 0.15) is 11.6 Å². The predicted octanol–water partition coefficient (Wildman–Crippen LogP) is 15.0. The van der Waals surface area contributed by atoms with Gasteiger partial charge >= 0.3 is 0 Å². The molecule has 11 aromatic carbocycles. The minimum absolute atomic E-state index is 0.194. The van der Waals surface area contributed by atoms with Gasteiger partial charge in [-0.25, -0.2) is 0 Å². The van der Waals surface area contributed by atoms with Crippen LogP contribution in [0.1, 0.15) is 0 Å². The average Bonchev–Trinajstić information content (AvgIpc) is 2.79. The molecule has 4 aliphatic heterocycles. The third kappa shape index (κ3) is 6.22. The van der Waals surface area contributed by atoms with Crippen LogP contribution in [-0.4, -0.2) is 27.5 Å². The molecule has 0 atom stereocenters. The molecule has 0 aliphatic carbocycles. The molecule has 10 heteroatoms. The molecule has 19 rings (SSSR count). The van der Waals surface area contributed by atoms with Gasteiger partial charge in [-0.05, 0) is 118 Å². The Kier molecular flexibility index (Phi) is 9.26. The van der Waals surface area contributed by atoms with Crippen molar-refractivity contribution in [2.24, 2.45) is 0 Å². The zero-order valence-corrected chi connectivity index (χ0v) is 45.4. The fourth-order valence-corrected chi connectivity index (χ4v) is 15.9. The van der Waals surface area contributed by atoms with Crippen LogP contribution < -0.4 is 51.5 Å². The summed E-state index contributed by atoms with van der Waals surface area (Å²) >= 11 is 1.89. The number of anilines is 9. The second-order valence-corrected chi connectivity index (χ2v) is 23.2. The molecule has 0 spiro atoms. The summed E-state index contributed by atoms with van der Waals surface area (Å²) in [7, 11) is 0. The van der Waals surface area contributed by atoms with Gasteiger partial charge in [0.2, 0.25) is 5.88 Å². The Labute approximate surface area is 482 Å². The number of aromatic nitrogens is 3. The molecule has 4 aromatic heterocycles. The highest BCUT2D eigenvalue weighted by Gasteiger charge is 2.49. The highest BCUT2D eigenvalue weighted by molar-refractivity contribution is 7.33. The van der Waals surface area contributed by atoms with Gasteiger partial charge in [-0.3, -0.25) is 4.90 Å². The van der Waals surface area contributed by atoms with E-state index >= 15 is 0 Å². The van der Waals surface area contributed by atoms with Crippen LogP contribution in [-0.2, 0) is 0 Å². The molecule has 0 saturated carbocycles. The number of fused-ring (bicyclic) bond motifs is 16. The molecule has 0 saturated heterocycles. The van der Waals surface area contributed by atoms with E-state index < -0.39 is 0 Å². The van der Waals surface area contributed by atoms with Gasteiger partial charge in [-0.2, -0.15) is 4.98 Å². The van der Waals surface area contributed by atoms with Crippen molar-refractivity contribution in [2.45, 2.75) is 0 Å². The fraction of sp³-hybridized carbons (Fsp3) is 0. The van der Waals surface area contributed by atoms with Crippen LogP contribution in [0.5, 0.6) is 11.6 Å². The second-order valence-electron chi connectivity index (χ2n) is 22.2. The van der Waals surface area contributed by atoms with Gasteiger partial charge < -0.3 is 23.7 Å². The zero-order valence-electron chi connectivity index (χ0n) is 44.6. The summed E-state index contributed by atoms with van der Waals surface area (Å²) in [5.41, 5.74) is 21.3. The van der Waals surface area contributed by atoms with E-state index in [9.17, 15) is 0 Å². The highest BCUT2D eigenvalue weighted by atomic mass is 32.1. The Morgan fingerprint density at radius 2 is 0.795 bits per heavy atom. The third-order valence-corrected chi connectivity index (χ3v) is 19.1. The van der Waals surface area contributed by atoms with Crippen LogP contribution in [0, 0.1) is 0 Å². The highest BCUT2D eigenvalue weighted by Crippen LogP contribution is 2.50. The number of pyridine rings is 1. The number of hydrogen-bond acceptors (Lipinski definition) is 6. The average molecular weight is 1070 g/mol. The van der Waals surface area contributed by atoms with Crippen molar-refractivity contribution in [3.63, 3.8) is 0 Å². The van der Waals surface area contributed by atoms with Crippen LogP contribution in [0.15, 0.2) is 267 Å². The van der Waals surface area contributed by atoms with Crippen molar-refractivity contribution in [3.05, 3.63) is 267 Å². The molecule has 0 bridgehead atoms. The van der Waals surface area contributed by atoms with E-state index in [1.165, 1.54) is 53.0 Å². The number of nitrogens with zero attached hydrogens (tertiary/aromatic N) is 6. The SMILES string of the molecule is c1ccc(N2c3ccccc3B3c4cc5c(nc4N(c4ccccc4)c4cc(-n6c7ccccc7c7ccccc76)cc2c43)Oc2cc(-n3c4ccccc4c4ccccc43)cc3c2B5c2sc4ccccc4c2N3c2ccccc2)cc1. The van der Waals surface area contributed by atoms with Crippen LogP contribution in [0.2, 0.25) is 0 Å². The molecule has 4 aliphatic rings. The molecule has 7 nitrogen and oxygen atoms in total. The van der Waals surface area contributed by atoms with Crippen LogP contribution >= 0.6 is 11.3 Å². The van der Waals surface area contributed by atoms with Crippen LogP contribution in [0.4, 0.5) is 51.3 Å². The summed E-state index contributed by atoms with van der Waals surface area (Å²) < 4.78 is 15.0. The van der Waals surface area contributed by atoms with Gasteiger partial charge in [-0.1, -0.05) is 170 Å². The Bertz CT molecular complexity index is 5140. The first kappa shape index (κ1) is 45.2. The fourth-order valence-electron chi connectivity index (χ4n) is 14.6. The minimum atomic E-state index is -0.204. The lowest BCUT2D eigenvalue weighted by Crippen LogP contribution is -2.64. The molecular formula is C73H44B2N6OS. The normalized spacial score (nSPS) is 13.5. The third-order valence-electron chi connectivity index (χ3n) is 17.9. The van der Waals surface area contributed by atoms with E-state index in [1.54, 1.807) is 0 Å². The maximum absolute atomic E-state index is 7.64. The molecule has 8 heterocycles. The Morgan fingerprint density at radius 3 is 1.39 bits per heavy atom. The van der Waals surface area contributed by atoms with E-state index in [-0.39, 0.29) is 13.4 Å². The molecule has 0 amide bonds. The van der Waals surface area contributed by atoms with Crippen molar-refractivity contribution < 1.29 is 4.74 Å². The number of para-hydroxylation sites is 8. The van der Waals surface area contributed by atoms with E-state index in [1.807, 2.05) is 11.3 Å². The largest absolute Gasteiger partial charge is 0.440 e. The monoisotopic (exact) mass is 1070 g/mol. The van der Waals surface area contributed by atoms with E-state index in [0.717, 1.165) is 101 Å². The van der Waals surface area contributed by atoms with Gasteiger partial charge in [0.15, 0.2) is 0 Å². The van der Waals surface area contributed by atoms with Crippen molar-refractivity contribution in [3.8, 4) is 23.0 Å². The van der Waals surface area contributed by atoms with Crippen molar-refractivity contribution in [1.29, 1.82) is 0 Å². The van der Waals surface area contributed by atoms with E-state index in [0.29, 0.717) is 5.88 Å². The standard InChI is InChI=1S/C73H44B2N6OS/c1-4-22-45(23-5-1)77-62-38-20-15-33-55(62)74-56-44-57-73(76-72(56)81(47-26-8-3-9-27-47)64-41-48(40-63(77)68(64)74)78-58-34-16-10-28-50(58)51-29-11-17-35-59(51)78)82-66-43-49(79-60-36-18-12-30-52(60)53-31-13-19-37-61(53)79)42-65-69(66)75(57)71-70(54-32-14-21-39-67(54)83-71)80(65)46-24-6-2-7-25-46/h1-44H. The molecule has 0 radical (unpaired) electrons. The van der Waals surface area contributed by atoms with Crippen molar-refractivity contribution >= 4 is 162 Å². The maximum atomic E-state index is 7.64. The lowest BCUT2D eigenvalue weighted by molar-refractivity contribution is 0.468. The van der Waals surface area contributed by atoms with Gasteiger partial charge in [-0.15, -0.1) is 11.3 Å². The summed E-state index contributed by atoms with van der Waals surface area (Å²) in [5.74, 6) is 2.26. The predicted molar refractivity (Wildman–Crippen MR) is 348 cm³/mol. The molecule has 83 heavy (non-hydrogen) atoms. The molecule has 384 valence electrons. The van der Waals surface area contributed by atoms with Crippen molar-refractivity contribution in [2.75, 3.05) is 14.7 Å². The quantitative estimate of drug-likeness (QED) is 0.161. The summed E-state index contributed by atoms with van der Waals surface area (Å²) in [6, 6.07) is 97.8. The Hall–Kier alpha value is -10.5.